The Morgan fingerprint density at radius 1 is 1.44 bits per heavy atom. The maximum atomic E-state index is 12.7. The summed E-state index contributed by atoms with van der Waals surface area (Å²) in [6.45, 7) is 5.09. The van der Waals surface area contributed by atoms with Crippen molar-refractivity contribution in [2.75, 3.05) is 26.2 Å². The van der Waals surface area contributed by atoms with Gasteiger partial charge in [0, 0.05) is 42.7 Å². The van der Waals surface area contributed by atoms with E-state index in [1.54, 1.807) is 23.1 Å². The lowest BCUT2D eigenvalue weighted by atomic mass is 9.90. The minimum absolute atomic E-state index is 0.110. The molecule has 134 valence electrons. The molecule has 3 aliphatic rings. The average molecular weight is 378 g/mol. The van der Waals surface area contributed by atoms with Crippen LogP contribution in [-0.4, -0.2) is 58.3 Å². The quantitative estimate of drug-likeness (QED) is 0.880. The van der Waals surface area contributed by atoms with Crippen molar-refractivity contribution in [3.05, 3.63) is 33.0 Å². The molecule has 1 saturated heterocycles. The highest BCUT2D eigenvalue weighted by atomic mass is 32.2. The molecule has 4 rings (SSSR count). The number of aliphatic hydroxyl groups excluding tert-OH is 1. The van der Waals surface area contributed by atoms with Crippen LogP contribution in [0.1, 0.15) is 35.6 Å². The minimum atomic E-state index is -0.478. The van der Waals surface area contributed by atoms with Crippen LogP contribution < -0.4 is 0 Å². The number of carbonyl (C=O) groups is 1. The Morgan fingerprint density at radius 2 is 2.32 bits per heavy atom. The first-order valence-electron chi connectivity index (χ1n) is 8.81. The van der Waals surface area contributed by atoms with Crippen molar-refractivity contribution >= 4 is 34.2 Å². The Balaban J connectivity index is 1.37. The summed E-state index contributed by atoms with van der Waals surface area (Å²) >= 11 is 3.33. The van der Waals surface area contributed by atoms with E-state index in [0.717, 1.165) is 43.3 Å². The first kappa shape index (κ1) is 17.1. The van der Waals surface area contributed by atoms with E-state index in [1.165, 1.54) is 10.4 Å². The molecule has 4 heterocycles. The normalized spacial score (nSPS) is 26.3. The summed E-state index contributed by atoms with van der Waals surface area (Å²) < 4.78 is 0. The van der Waals surface area contributed by atoms with Gasteiger partial charge in [-0.15, -0.1) is 11.3 Å². The molecule has 1 aromatic heterocycles. The van der Waals surface area contributed by atoms with E-state index >= 15 is 0 Å². The van der Waals surface area contributed by atoms with E-state index in [0.29, 0.717) is 13.0 Å². The lowest BCUT2D eigenvalue weighted by Crippen LogP contribution is -2.46. The standard InChI is InChI=1S/C18H23N3O2S2/c1-12-4-8-24-17(12)14-3-7-20(10-15(14)22)16(23)9-13-11-25-18-19-5-2-6-21(13)18/h4,8,11,14-15,22H,2-3,5-7,9-10H2,1H3. The van der Waals surface area contributed by atoms with Gasteiger partial charge in [-0.2, -0.15) is 0 Å². The number of hydrogen-bond donors (Lipinski definition) is 1. The van der Waals surface area contributed by atoms with Crippen LogP contribution >= 0.6 is 23.1 Å². The van der Waals surface area contributed by atoms with E-state index < -0.39 is 6.10 Å². The summed E-state index contributed by atoms with van der Waals surface area (Å²) in [5.41, 5.74) is 2.30. The smallest absolute Gasteiger partial charge is 0.228 e. The summed E-state index contributed by atoms with van der Waals surface area (Å²) in [5.74, 6) is 0.269. The molecule has 0 aromatic carbocycles. The van der Waals surface area contributed by atoms with Crippen LogP contribution in [0.5, 0.6) is 0 Å². The lowest BCUT2D eigenvalue weighted by molar-refractivity contribution is -0.134. The largest absolute Gasteiger partial charge is 0.391 e. The molecule has 2 atom stereocenters. The van der Waals surface area contributed by atoms with Gasteiger partial charge in [0.1, 0.15) is 0 Å². The van der Waals surface area contributed by atoms with Crippen LogP contribution in [0.25, 0.3) is 0 Å². The SMILES string of the molecule is Cc1ccsc1C1CCN(C(=O)CC2=CSC3=NCCCN23)CC1O. The van der Waals surface area contributed by atoms with Crippen molar-refractivity contribution in [2.24, 2.45) is 4.99 Å². The van der Waals surface area contributed by atoms with Crippen LogP contribution in [0.4, 0.5) is 0 Å². The number of fused-ring (bicyclic) bond motifs is 1. The summed E-state index contributed by atoms with van der Waals surface area (Å²) in [5, 5.41) is 15.8. The molecular formula is C18H23N3O2S2. The van der Waals surface area contributed by atoms with Gasteiger partial charge in [0.25, 0.3) is 0 Å². The average Bonchev–Trinajstić information content (AvgIpc) is 3.21. The first-order chi connectivity index (χ1) is 12.1. The fourth-order valence-corrected chi connectivity index (χ4v) is 5.84. The van der Waals surface area contributed by atoms with E-state index in [2.05, 4.69) is 33.7 Å². The summed E-state index contributed by atoms with van der Waals surface area (Å²) in [6, 6.07) is 2.10. The molecule has 1 amide bonds. The molecule has 0 saturated carbocycles. The van der Waals surface area contributed by atoms with Crippen LogP contribution in [0.3, 0.4) is 0 Å². The summed E-state index contributed by atoms with van der Waals surface area (Å²) in [7, 11) is 0. The number of aryl methyl sites for hydroxylation is 1. The van der Waals surface area contributed by atoms with Crippen LogP contribution in [-0.2, 0) is 4.79 Å². The number of amidine groups is 1. The number of amides is 1. The third kappa shape index (κ3) is 3.37. The molecule has 0 aliphatic carbocycles. The number of thiophene rings is 1. The van der Waals surface area contributed by atoms with Gasteiger partial charge in [0.2, 0.25) is 5.91 Å². The van der Waals surface area contributed by atoms with E-state index in [1.807, 2.05) is 4.90 Å². The second-order valence-corrected chi connectivity index (χ2v) is 8.63. The first-order valence-corrected chi connectivity index (χ1v) is 10.6. The van der Waals surface area contributed by atoms with Gasteiger partial charge in [0.05, 0.1) is 12.5 Å². The minimum Gasteiger partial charge on any atom is -0.391 e. The van der Waals surface area contributed by atoms with Crippen LogP contribution in [0, 0.1) is 6.92 Å². The van der Waals surface area contributed by atoms with Crippen molar-refractivity contribution < 1.29 is 9.90 Å². The number of likely N-dealkylation sites (tertiary alicyclic amines) is 1. The van der Waals surface area contributed by atoms with Gasteiger partial charge < -0.3 is 14.9 Å². The van der Waals surface area contributed by atoms with Gasteiger partial charge in [-0.05, 0) is 42.2 Å². The van der Waals surface area contributed by atoms with Gasteiger partial charge in [-0.3, -0.25) is 9.79 Å². The fourth-order valence-electron chi connectivity index (χ4n) is 3.77. The molecular weight excluding hydrogens is 354 g/mol. The van der Waals surface area contributed by atoms with Gasteiger partial charge in [-0.1, -0.05) is 11.8 Å². The zero-order valence-corrected chi connectivity index (χ0v) is 16.0. The van der Waals surface area contributed by atoms with Gasteiger partial charge in [0.15, 0.2) is 5.17 Å². The number of aliphatic hydroxyl groups is 1. The van der Waals surface area contributed by atoms with Crippen molar-refractivity contribution in [2.45, 2.75) is 38.2 Å². The zero-order chi connectivity index (χ0) is 17.4. The molecule has 25 heavy (non-hydrogen) atoms. The number of hydrogen-bond acceptors (Lipinski definition) is 6. The Kier molecular flexibility index (Phi) is 4.88. The maximum absolute atomic E-state index is 12.7. The predicted molar refractivity (Wildman–Crippen MR) is 103 cm³/mol. The highest BCUT2D eigenvalue weighted by Crippen LogP contribution is 2.35. The summed E-state index contributed by atoms with van der Waals surface area (Å²) in [4.78, 5) is 22.5. The Labute approximate surface area is 156 Å². The van der Waals surface area contributed by atoms with Crippen molar-refractivity contribution in [1.82, 2.24) is 9.80 Å². The molecule has 1 N–H and O–H groups in total. The fraction of sp³-hybridized carbons (Fsp3) is 0.556. The highest BCUT2D eigenvalue weighted by Gasteiger charge is 2.34. The molecule has 2 unspecified atom stereocenters. The van der Waals surface area contributed by atoms with E-state index in [9.17, 15) is 9.90 Å². The highest BCUT2D eigenvalue weighted by molar-refractivity contribution is 8.16. The molecule has 7 heteroatoms. The Bertz CT molecular complexity index is 728. The Hall–Kier alpha value is -1.31. The van der Waals surface area contributed by atoms with Crippen molar-refractivity contribution in [3.63, 3.8) is 0 Å². The van der Waals surface area contributed by atoms with Crippen LogP contribution in [0.15, 0.2) is 27.5 Å². The van der Waals surface area contributed by atoms with Crippen LogP contribution in [0.2, 0.25) is 0 Å². The van der Waals surface area contributed by atoms with Crippen molar-refractivity contribution in [3.8, 4) is 0 Å². The molecule has 1 aromatic rings. The lowest BCUT2D eigenvalue weighted by Gasteiger charge is -2.36. The second kappa shape index (κ2) is 7.13. The third-order valence-corrected chi connectivity index (χ3v) is 7.27. The summed E-state index contributed by atoms with van der Waals surface area (Å²) in [6.07, 6.45) is 1.80. The zero-order valence-electron chi connectivity index (χ0n) is 14.4. The molecule has 0 bridgehead atoms. The molecule has 0 radical (unpaired) electrons. The number of carbonyl (C=O) groups excluding carboxylic acids is 1. The third-order valence-electron chi connectivity index (χ3n) is 5.17. The maximum Gasteiger partial charge on any atom is 0.228 e. The van der Waals surface area contributed by atoms with E-state index in [-0.39, 0.29) is 11.8 Å². The Morgan fingerprint density at radius 3 is 3.08 bits per heavy atom. The van der Waals surface area contributed by atoms with E-state index in [4.69, 9.17) is 0 Å². The number of aliphatic imine (C=N–C) groups is 1. The molecule has 0 spiro atoms. The topological polar surface area (TPSA) is 56.1 Å². The number of piperidine rings is 1. The van der Waals surface area contributed by atoms with Gasteiger partial charge in [-0.25, -0.2) is 0 Å². The number of thioether (sulfide) groups is 1. The number of β-amino-alcohol motifs (C(OH)–C–C–N with tert-alkyl or cyclic N) is 1. The molecule has 1 fully saturated rings. The number of rotatable bonds is 3. The predicted octanol–water partition coefficient (Wildman–Crippen LogP) is 2.77. The number of nitrogens with zero attached hydrogens (tertiary/aromatic N) is 3. The molecule has 5 nitrogen and oxygen atoms in total. The second-order valence-electron chi connectivity index (χ2n) is 6.84. The monoisotopic (exact) mass is 377 g/mol. The van der Waals surface area contributed by atoms with Crippen molar-refractivity contribution in [1.29, 1.82) is 0 Å². The molecule has 3 aliphatic heterocycles. The van der Waals surface area contributed by atoms with Gasteiger partial charge >= 0.3 is 0 Å².